The van der Waals surface area contributed by atoms with Gasteiger partial charge in [-0.05, 0) is 24.1 Å². The van der Waals surface area contributed by atoms with Crippen LogP contribution in [-0.4, -0.2) is 22.9 Å². The van der Waals surface area contributed by atoms with Crippen LogP contribution in [0.15, 0.2) is 41.3 Å². The van der Waals surface area contributed by atoms with Crippen molar-refractivity contribution in [1.29, 1.82) is 0 Å². The SMILES string of the molecule is CCc1ccccc1NC(=O)CNC(=O)Cn1cc(C(F)(F)F)cc(Cl)c1=O. The molecule has 2 rings (SSSR count). The summed E-state index contributed by atoms with van der Waals surface area (Å²) < 4.78 is 39.0. The smallest absolute Gasteiger partial charge is 0.345 e. The summed E-state index contributed by atoms with van der Waals surface area (Å²) in [4.78, 5) is 35.8. The van der Waals surface area contributed by atoms with Crippen molar-refractivity contribution in [3.63, 3.8) is 0 Å². The Balaban J connectivity index is 2.00. The molecule has 0 fully saturated rings. The number of carbonyl (C=O) groups is 2. The summed E-state index contributed by atoms with van der Waals surface area (Å²) in [6.45, 7) is 0.810. The van der Waals surface area contributed by atoms with Crippen LogP contribution in [0.3, 0.4) is 0 Å². The van der Waals surface area contributed by atoms with Crippen molar-refractivity contribution >= 4 is 29.1 Å². The minimum atomic E-state index is -4.72. The number of para-hydroxylation sites is 1. The van der Waals surface area contributed by atoms with E-state index < -0.39 is 47.2 Å². The lowest BCUT2D eigenvalue weighted by atomic mass is 10.1. The lowest BCUT2D eigenvalue weighted by Gasteiger charge is -2.12. The number of carbonyl (C=O) groups excluding carboxylic acids is 2. The topological polar surface area (TPSA) is 80.2 Å². The molecule has 150 valence electrons. The highest BCUT2D eigenvalue weighted by molar-refractivity contribution is 6.30. The van der Waals surface area contributed by atoms with Gasteiger partial charge in [-0.25, -0.2) is 0 Å². The Morgan fingerprint density at radius 2 is 1.86 bits per heavy atom. The third-order valence-corrected chi connectivity index (χ3v) is 4.07. The summed E-state index contributed by atoms with van der Waals surface area (Å²) >= 11 is 5.53. The molecule has 0 aliphatic carbocycles. The maximum absolute atomic E-state index is 12.8. The fraction of sp³-hybridized carbons (Fsp3) is 0.278. The van der Waals surface area contributed by atoms with Crippen LogP contribution < -0.4 is 16.2 Å². The van der Waals surface area contributed by atoms with Crippen molar-refractivity contribution < 1.29 is 22.8 Å². The predicted octanol–water partition coefficient (Wildman–Crippen LogP) is 2.84. The maximum atomic E-state index is 12.8. The molecule has 28 heavy (non-hydrogen) atoms. The van der Waals surface area contributed by atoms with E-state index in [4.69, 9.17) is 11.6 Å². The van der Waals surface area contributed by atoms with Gasteiger partial charge in [0.2, 0.25) is 11.8 Å². The molecule has 6 nitrogen and oxygen atoms in total. The number of anilines is 1. The molecule has 2 N–H and O–H groups in total. The van der Waals surface area contributed by atoms with Crippen LogP contribution in [0.5, 0.6) is 0 Å². The molecule has 0 aliphatic rings. The van der Waals surface area contributed by atoms with E-state index in [9.17, 15) is 27.6 Å². The average Bonchev–Trinajstić information content (AvgIpc) is 2.63. The van der Waals surface area contributed by atoms with E-state index in [1.165, 1.54) is 0 Å². The van der Waals surface area contributed by atoms with E-state index >= 15 is 0 Å². The van der Waals surface area contributed by atoms with E-state index in [0.29, 0.717) is 28.9 Å². The molecular weight excluding hydrogens is 399 g/mol. The molecule has 0 saturated heterocycles. The lowest BCUT2D eigenvalue weighted by molar-refractivity contribution is -0.138. The quantitative estimate of drug-likeness (QED) is 0.761. The normalized spacial score (nSPS) is 11.2. The zero-order valence-electron chi connectivity index (χ0n) is 14.8. The number of benzene rings is 1. The monoisotopic (exact) mass is 415 g/mol. The number of aryl methyl sites for hydroxylation is 1. The number of aromatic nitrogens is 1. The standard InChI is InChI=1S/C18H17ClF3N3O3/c1-2-11-5-3-4-6-14(11)24-15(26)8-23-16(27)10-25-9-12(18(20,21)22)7-13(19)17(25)28/h3-7,9H,2,8,10H2,1H3,(H,23,27)(H,24,26). The number of amides is 2. The van der Waals surface area contributed by atoms with Crippen molar-refractivity contribution in [2.75, 3.05) is 11.9 Å². The van der Waals surface area contributed by atoms with Crippen LogP contribution in [0, 0.1) is 0 Å². The van der Waals surface area contributed by atoms with Gasteiger partial charge in [-0.1, -0.05) is 36.7 Å². The number of pyridine rings is 1. The van der Waals surface area contributed by atoms with Gasteiger partial charge in [-0.15, -0.1) is 0 Å². The maximum Gasteiger partial charge on any atom is 0.417 e. The average molecular weight is 416 g/mol. The zero-order valence-corrected chi connectivity index (χ0v) is 15.5. The van der Waals surface area contributed by atoms with Crippen LogP contribution in [0.4, 0.5) is 18.9 Å². The number of hydrogen-bond donors (Lipinski definition) is 2. The largest absolute Gasteiger partial charge is 0.417 e. The summed E-state index contributed by atoms with van der Waals surface area (Å²) in [7, 11) is 0. The van der Waals surface area contributed by atoms with Gasteiger partial charge in [-0.2, -0.15) is 13.2 Å². The molecule has 0 atom stereocenters. The van der Waals surface area contributed by atoms with Gasteiger partial charge in [0.1, 0.15) is 11.6 Å². The zero-order chi connectivity index (χ0) is 20.9. The molecule has 10 heteroatoms. The number of hydrogen-bond acceptors (Lipinski definition) is 3. The van der Waals surface area contributed by atoms with Gasteiger partial charge in [0.25, 0.3) is 5.56 Å². The highest BCUT2D eigenvalue weighted by atomic mass is 35.5. The molecule has 1 aromatic carbocycles. The van der Waals surface area contributed by atoms with Gasteiger partial charge in [0.05, 0.1) is 12.1 Å². The van der Waals surface area contributed by atoms with Crippen LogP contribution >= 0.6 is 11.6 Å². The number of alkyl halides is 3. The van der Waals surface area contributed by atoms with Crippen molar-refractivity contribution in [1.82, 2.24) is 9.88 Å². The molecule has 1 heterocycles. The first kappa shape index (κ1) is 21.5. The molecule has 0 bridgehead atoms. The van der Waals surface area contributed by atoms with E-state index in [0.717, 1.165) is 5.56 Å². The second-order valence-corrected chi connectivity index (χ2v) is 6.25. The van der Waals surface area contributed by atoms with Crippen molar-refractivity contribution in [3.05, 3.63) is 63.0 Å². The summed E-state index contributed by atoms with van der Waals surface area (Å²) in [5, 5.41) is 4.24. The van der Waals surface area contributed by atoms with Crippen LogP contribution in [-0.2, 0) is 28.7 Å². The van der Waals surface area contributed by atoms with Gasteiger partial charge in [-0.3, -0.25) is 14.4 Å². The Morgan fingerprint density at radius 3 is 2.50 bits per heavy atom. The predicted molar refractivity (Wildman–Crippen MR) is 98.2 cm³/mol. The molecule has 0 aliphatic heterocycles. The summed E-state index contributed by atoms with van der Waals surface area (Å²) in [6.07, 6.45) is -3.52. The molecular formula is C18H17ClF3N3O3. The van der Waals surface area contributed by atoms with Gasteiger partial charge in [0, 0.05) is 11.9 Å². The highest BCUT2D eigenvalue weighted by Gasteiger charge is 2.32. The van der Waals surface area contributed by atoms with Gasteiger partial charge < -0.3 is 15.2 Å². The molecule has 0 radical (unpaired) electrons. The Labute approximate surface area is 163 Å². The van der Waals surface area contributed by atoms with Crippen molar-refractivity contribution in [2.24, 2.45) is 0 Å². The fourth-order valence-electron chi connectivity index (χ4n) is 2.41. The Hall–Kier alpha value is -2.81. The Bertz CT molecular complexity index is 942. The number of nitrogens with one attached hydrogen (secondary N) is 2. The third-order valence-electron chi connectivity index (χ3n) is 3.80. The van der Waals surface area contributed by atoms with Crippen molar-refractivity contribution in [2.45, 2.75) is 26.1 Å². The molecule has 2 aromatic rings. The Kier molecular flexibility index (Phi) is 6.85. The minimum absolute atomic E-state index is 0.404. The molecule has 2 amide bonds. The summed E-state index contributed by atoms with van der Waals surface area (Å²) in [5.41, 5.74) is -0.581. The number of halogens is 4. The lowest BCUT2D eigenvalue weighted by Crippen LogP contribution is -2.37. The summed E-state index contributed by atoms with van der Waals surface area (Å²) in [6, 6.07) is 7.63. The molecule has 0 unspecified atom stereocenters. The first-order valence-electron chi connectivity index (χ1n) is 8.23. The minimum Gasteiger partial charge on any atom is -0.345 e. The first-order valence-corrected chi connectivity index (χ1v) is 8.61. The highest BCUT2D eigenvalue weighted by Crippen LogP contribution is 2.29. The molecule has 0 spiro atoms. The third kappa shape index (κ3) is 5.59. The number of nitrogens with zero attached hydrogens (tertiary/aromatic N) is 1. The van der Waals surface area contributed by atoms with Gasteiger partial charge in [0.15, 0.2) is 0 Å². The van der Waals surface area contributed by atoms with E-state index in [-0.39, 0.29) is 0 Å². The van der Waals surface area contributed by atoms with E-state index in [1.807, 2.05) is 19.1 Å². The van der Waals surface area contributed by atoms with Gasteiger partial charge >= 0.3 is 6.18 Å². The van der Waals surface area contributed by atoms with E-state index in [1.54, 1.807) is 12.1 Å². The Morgan fingerprint density at radius 1 is 1.18 bits per heavy atom. The second kappa shape index (κ2) is 8.92. The van der Waals surface area contributed by atoms with E-state index in [2.05, 4.69) is 10.6 Å². The van der Waals surface area contributed by atoms with Crippen LogP contribution in [0.1, 0.15) is 18.1 Å². The fourth-order valence-corrected chi connectivity index (χ4v) is 2.63. The summed E-state index contributed by atoms with van der Waals surface area (Å²) in [5.74, 6) is -1.32. The second-order valence-electron chi connectivity index (χ2n) is 5.84. The molecule has 1 aromatic heterocycles. The van der Waals surface area contributed by atoms with Crippen LogP contribution in [0.25, 0.3) is 0 Å². The number of rotatable bonds is 6. The van der Waals surface area contributed by atoms with Crippen LogP contribution in [0.2, 0.25) is 5.02 Å². The first-order chi connectivity index (χ1) is 13.1. The molecule has 0 saturated carbocycles. The van der Waals surface area contributed by atoms with Crippen molar-refractivity contribution in [3.8, 4) is 0 Å².